The van der Waals surface area contributed by atoms with E-state index in [1.165, 1.54) is 11.3 Å². The third-order valence-corrected chi connectivity index (χ3v) is 6.85. The molecular weight excluding hydrogens is 348 g/mol. The van der Waals surface area contributed by atoms with E-state index in [0.717, 1.165) is 17.1 Å². The Morgan fingerprint density at radius 3 is 2.88 bits per heavy atom. The number of thiazole rings is 1. The van der Waals surface area contributed by atoms with Gasteiger partial charge in [-0.2, -0.15) is 4.98 Å². The minimum Gasteiger partial charge on any atom is -0.339 e. The Balaban J connectivity index is 1.64. The summed E-state index contributed by atoms with van der Waals surface area (Å²) in [4.78, 5) is 8.90. The fourth-order valence-electron chi connectivity index (χ4n) is 2.84. The number of hydrogen-bond donors (Lipinski definition) is 1. The Morgan fingerprint density at radius 2 is 2.21 bits per heavy atom. The van der Waals surface area contributed by atoms with Gasteiger partial charge in [-0.3, -0.25) is 0 Å². The van der Waals surface area contributed by atoms with E-state index in [4.69, 9.17) is 10.3 Å². The molecule has 0 aliphatic carbocycles. The van der Waals surface area contributed by atoms with Crippen molar-refractivity contribution >= 4 is 21.2 Å². The Bertz CT molecular complexity index is 797. The maximum Gasteiger partial charge on any atom is 0.232 e. The topological polar surface area (TPSA) is 112 Å². The first-order chi connectivity index (χ1) is 11.3. The molecule has 1 aliphatic rings. The summed E-state index contributed by atoms with van der Waals surface area (Å²) < 4.78 is 28.4. The van der Waals surface area contributed by atoms with Gasteiger partial charge in [-0.25, -0.2) is 13.4 Å². The molecule has 0 aromatic carbocycles. The van der Waals surface area contributed by atoms with Crippen molar-refractivity contribution in [2.75, 3.05) is 11.5 Å². The van der Waals surface area contributed by atoms with Crippen LogP contribution in [0.5, 0.6) is 0 Å². The number of rotatable bonds is 6. The molecule has 2 N–H and O–H groups in total. The van der Waals surface area contributed by atoms with Crippen LogP contribution >= 0.6 is 11.3 Å². The van der Waals surface area contributed by atoms with Gasteiger partial charge in [0.15, 0.2) is 15.7 Å². The second-order valence-electron chi connectivity index (χ2n) is 6.74. The lowest BCUT2D eigenvalue weighted by Crippen LogP contribution is -2.14. The lowest BCUT2D eigenvalue weighted by atomic mass is 10.0. The van der Waals surface area contributed by atoms with Crippen LogP contribution in [-0.2, 0) is 16.3 Å². The minimum atomic E-state index is -2.90. The highest BCUT2D eigenvalue weighted by Crippen LogP contribution is 2.31. The highest BCUT2D eigenvalue weighted by Gasteiger charge is 2.31. The Morgan fingerprint density at radius 1 is 1.42 bits per heavy atom. The van der Waals surface area contributed by atoms with E-state index in [1.54, 1.807) is 0 Å². The molecule has 9 heteroatoms. The third-order valence-electron chi connectivity index (χ3n) is 4.02. The van der Waals surface area contributed by atoms with E-state index < -0.39 is 9.84 Å². The van der Waals surface area contributed by atoms with Crippen LogP contribution in [-0.4, -0.2) is 35.0 Å². The van der Waals surface area contributed by atoms with Gasteiger partial charge in [0.2, 0.25) is 5.89 Å². The van der Waals surface area contributed by atoms with Crippen molar-refractivity contribution in [3.05, 3.63) is 27.8 Å². The van der Waals surface area contributed by atoms with E-state index in [1.807, 2.05) is 5.38 Å². The van der Waals surface area contributed by atoms with Crippen molar-refractivity contribution in [1.82, 2.24) is 15.1 Å². The summed E-state index contributed by atoms with van der Waals surface area (Å²) in [7, 11) is -2.90. The molecule has 7 nitrogen and oxygen atoms in total. The van der Waals surface area contributed by atoms with Crippen LogP contribution in [0.3, 0.4) is 0 Å². The molecule has 0 amide bonds. The molecule has 1 saturated heterocycles. The lowest BCUT2D eigenvalue weighted by Gasteiger charge is -2.08. The molecule has 1 fully saturated rings. The molecule has 0 saturated carbocycles. The number of nitrogens with zero attached hydrogens (tertiary/aromatic N) is 3. The summed E-state index contributed by atoms with van der Waals surface area (Å²) in [5.74, 6) is 1.95. The van der Waals surface area contributed by atoms with Gasteiger partial charge in [0, 0.05) is 11.3 Å². The van der Waals surface area contributed by atoms with Gasteiger partial charge in [0.1, 0.15) is 0 Å². The van der Waals surface area contributed by atoms with Crippen molar-refractivity contribution in [3.63, 3.8) is 0 Å². The summed E-state index contributed by atoms with van der Waals surface area (Å²) >= 11 is 1.50. The van der Waals surface area contributed by atoms with Gasteiger partial charge in [0.05, 0.1) is 34.7 Å². The summed E-state index contributed by atoms with van der Waals surface area (Å²) in [5.41, 5.74) is 6.89. The van der Waals surface area contributed by atoms with Crippen molar-refractivity contribution in [2.24, 2.45) is 11.7 Å². The second-order valence-corrected chi connectivity index (χ2v) is 9.85. The average molecular weight is 371 g/mol. The van der Waals surface area contributed by atoms with Crippen LogP contribution in [0, 0.1) is 5.92 Å². The summed E-state index contributed by atoms with van der Waals surface area (Å²) in [6, 6.07) is -0.225. The van der Waals surface area contributed by atoms with Crippen LogP contribution < -0.4 is 5.73 Å². The summed E-state index contributed by atoms with van der Waals surface area (Å²) in [6.45, 7) is 4.20. The zero-order valence-corrected chi connectivity index (χ0v) is 15.4. The van der Waals surface area contributed by atoms with Crippen molar-refractivity contribution in [1.29, 1.82) is 0 Å². The Kier molecular flexibility index (Phi) is 5.03. The molecule has 0 spiro atoms. The Labute approximate surface area is 145 Å². The van der Waals surface area contributed by atoms with E-state index >= 15 is 0 Å². The number of aromatic nitrogens is 3. The molecule has 2 aromatic rings. The van der Waals surface area contributed by atoms with E-state index in [2.05, 4.69) is 29.0 Å². The smallest absolute Gasteiger partial charge is 0.232 e. The van der Waals surface area contributed by atoms with Crippen LogP contribution in [0.25, 0.3) is 0 Å². The van der Waals surface area contributed by atoms with Crippen LogP contribution in [0.4, 0.5) is 0 Å². The van der Waals surface area contributed by atoms with Crippen molar-refractivity contribution in [2.45, 2.75) is 45.1 Å². The Hall–Kier alpha value is -1.32. The minimum absolute atomic E-state index is 0.0199. The molecule has 0 radical (unpaired) electrons. The molecule has 3 rings (SSSR count). The zero-order valence-electron chi connectivity index (χ0n) is 13.8. The zero-order chi connectivity index (χ0) is 17.3. The third kappa shape index (κ3) is 4.20. The van der Waals surface area contributed by atoms with Crippen LogP contribution in [0.2, 0.25) is 0 Å². The lowest BCUT2D eigenvalue weighted by molar-refractivity contribution is 0.370. The maximum atomic E-state index is 11.6. The van der Waals surface area contributed by atoms with Gasteiger partial charge < -0.3 is 10.3 Å². The predicted molar refractivity (Wildman–Crippen MR) is 91.6 cm³/mol. The predicted octanol–water partition coefficient (Wildman–Crippen LogP) is 2.06. The van der Waals surface area contributed by atoms with Gasteiger partial charge in [-0.05, 0) is 18.8 Å². The molecule has 3 heterocycles. The van der Waals surface area contributed by atoms with Gasteiger partial charge >= 0.3 is 0 Å². The van der Waals surface area contributed by atoms with Gasteiger partial charge in [-0.15, -0.1) is 11.3 Å². The average Bonchev–Trinajstić information content (AvgIpc) is 3.18. The summed E-state index contributed by atoms with van der Waals surface area (Å²) in [6.07, 6.45) is 1.90. The normalized spacial score (nSPS) is 21.4. The van der Waals surface area contributed by atoms with E-state index in [-0.39, 0.29) is 23.5 Å². The first-order valence-electron chi connectivity index (χ1n) is 8.05. The van der Waals surface area contributed by atoms with Crippen molar-refractivity contribution in [3.8, 4) is 0 Å². The maximum absolute atomic E-state index is 11.6. The highest BCUT2D eigenvalue weighted by molar-refractivity contribution is 7.91. The second kappa shape index (κ2) is 6.89. The molecule has 2 aromatic heterocycles. The standard InChI is InChI=1S/C15H22N4O3S2/c1-9(2)5-12(16)14-18-13(22-19-14)6-11-7-23-15(17-11)10-3-4-24(20,21)8-10/h7,9-10,12H,3-6,8,16H2,1-2H3. The largest absolute Gasteiger partial charge is 0.339 e. The van der Waals surface area contributed by atoms with Gasteiger partial charge in [-0.1, -0.05) is 19.0 Å². The quantitative estimate of drug-likeness (QED) is 0.828. The molecule has 24 heavy (non-hydrogen) atoms. The molecule has 1 aliphatic heterocycles. The number of nitrogens with two attached hydrogens (primary N) is 1. The first-order valence-corrected chi connectivity index (χ1v) is 10.8. The SMILES string of the molecule is CC(C)CC(N)c1noc(Cc2csc(C3CCS(=O)(=O)C3)n2)n1. The summed E-state index contributed by atoms with van der Waals surface area (Å²) in [5, 5.41) is 6.76. The van der Waals surface area contributed by atoms with Crippen molar-refractivity contribution < 1.29 is 12.9 Å². The molecule has 132 valence electrons. The monoisotopic (exact) mass is 370 g/mol. The van der Waals surface area contributed by atoms with Crippen LogP contribution in [0.15, 0.2) is 9.90 Å². The van der Waals surface area contributed by atoms with Crippen LogP contribution in [0.1, 0.15) is 61.1 Å². The first kappa shape index (κ1) is 17.5. The highest BCUT2D eigenvalue weighted by atomic mass is 32.2. The van der Waals surface area contributed by atoms with E-state index in [0.29, 0.717) is 30.5 Å². The molecule has 2 unspecified atom stereocenters. The fourth-order valence-corrected chi connectivity index (χ4v) is 5.65. The number of sulfone groups is 1. The molecular formula is C15H22N4O3S2. The molecule has 0 bridgehead atoms. The fraction of sp³-hybridized carbons (Fsp3) is 0.667. The van der Waals surface area contributed by atoms with E-state index in [9.17, 15) is 8.42 Å². The number of hydrogen-bond acceptors (Lipinski definition) is 8. The molecule has 2 atom stereocenters. The van der Waals surface area contributed by atoms with Gasteiger partial charge in [0.25, 0.3) is 0 Å².